The van der Waals surface area contributed by atoms with E-state index in [1.807, 2.05) is 11.3 Å². The van der Waals surface area contributed by atoms with Crippen molar-refractivity contribution in [2.24, 2.45) is 11.1 Å². The number of hydrogen-bond donors (Lipinski definition) is 1. The van der Waals surface area contributed by atoms with Crippen molar-refractivity contribution >= 4 is 27.3 Å². The van der Waals surface area contributed by atoms with Crippen LogP contribution in [0.15, 0.2) is 15.9 Å². The van der Waals surface area contributed by atoms with Gasteiger partial charge in [0.1, 0.15) is 0 Å². The molecule has 1 heterocycles. The lowest BCUT2D eigenvalue weighted by Crippen LogP contribution is -2.34. The van der Waals surface area contributed by atoms with Crippen LogP contribution in [0.5, 0.6) is 0 Å². The number of nitrogens with two attached hydrogens (primary N) is 1. The largest absolute Gasteiger partial charge is 0.330 e. The van der Waals surface area contributed by atoms with Gasteiger partial charge in [-0.25, -0.2) is 0 Å². The van der Waals surface area contributed by atoms with E-state index < -0.39 is 0 Å². The lowest BCUT2D eigenvalue weighted by Gasteiger charge is -2.38. The molecular formula is C12H21BrN2S. The summed E-state index contributed by atoms with van der Waals surface area (Å²) in [7, 11) is 4.27. The maximum absolute atomic E-state index is 5.71. The normalized spacial score (nSPS) is 14.4. The maximum atomic E-state index is 5.71. The molecule has 0 amide bonds. The molecule has 0 aliphatic carbocycles. The van der Waals surface area contributed by atoms with Gasteiger partial charge >= 0.3 is 0 Å². The van der Waals surface area contributed by atoms with Crippen LogP contribution in [0.4, 0.5) is 0 Å². The quantitative estimate of drug-likeness (QED) is 0.902. The molecule has 4 heteroatoms. The minimum Gasteiger partial charge on any atom is -0.330 e. The Morgan fingerprint density at radius 1 is 1.44 bits per heavy atom. The van der Waals surface area contributed by atoms with Crippen molar-refractivity contribution in [2.45, 2.75) is 26.3 Å². The predicted octanol–water partition coefficient (Wildman–Crippen LogP) is 3.49. The Bertz CT molecular complexity index is 334. The second-order valence-corrected chi connectivity index (χ2v) is 7.53. The fourth-order valence-electron chi connectivity index (χ4n) is 2.32. The standard InChI is InChI=1S/C12H21BrN2S/c1-12(2,7-8-14)11(15(3)4)9-5-6-10(13)16-9/h5-6,11H,7-8,14H2,1-4H3. The molecule has 0 saturated carbocycles. The van der Waals surface area contributed by atoms with Gasteiger partial charge in [0.05, 0.1) is 3.79 Å². The summed E-state index contributed by atoms with van der Waals surface area (Å²) in [6.07, 6.45) is 1.03. The van der Waals surface area contributed by atoms with Crippen molar-refractivity contribution in [2.75, 3.05) is 20.6 Å². The molecule has 2 nitrogen and oxygen atoms in total. The Labute approximate surface area is 111 Å². The van der Waals surface area contributed by atoms with E-state index in [4.69, 9.17) is 5.73 Å². The Morgan fingerprint density at radius 2 is 2.06 bits per heavy atom. The summed E-state index contributed by atoms with van der Waals surface area (Å²) in [6, 6.07) is 4.75. The van der Waals surface area contributed by atoms with Crippen LogP contribution in [0, 0.1) is 5.41 Å². The van der Waals surface area contributed by atoms with Crippen LogP contribution in [0.25, 0.3) is 0 Å². The minimum atomic E-state index is 0.197. The van der Waals surface area contributed by atoms with Gasteiger partial charge in [0.2, 0.25) is 0 Å². The molecule has 0 radical (unpaired) electrons. The monoisotopic (exact) mass is 304 g/mol. The fourth-order valence-corrected chi connectivity index (χ4v) is 4.15. The molecule has 1 atom stereocenters. The molecule has 1 unspecified atom stereocenters. The molecule has 2 N–H and O–H groups in total. The van der Waals surface area contributed by atoms with E-state index in [0.717, 1.165) is 13.0 Å². The third-order valence-corrected chi connectivity index (χ3v) is 4.58. The molecule has 16 heavy (non-hydrogen) atoms. The van der Waals surface area contributed by atoms with Crippen LogP contribution >= 0.6 is 27.3 Å². The molecule has 0 aromatic carbocycles. The van der Waals surface area contributed by atoms with E-state index >= 15 is 0 Å². The van der Waals surface area contributed by atoms with Gasteiger partial charge in [-0.15, -0.1) is 11.3 Å². The molecular weight excluding hydrogens is 284 g/mol. The van der Waals surface area contributed by atoms with Crippen LogP contribution in [0.3, 0.4) is 0 Å². The van der Waals surface area contributed by atoms with Crippen molar-refractivity contribution in [3.63, 3.8) is 0 Å². The molecule has 0 aliphatic rings. The molecule has 0 saturated heterocycles. The number of rotatable bonds is 5. The SMILES string of the molecule is CN(C)C(c1ccc(Br)s1)C(C)(C)CCN. The highest BCUT2D eigenvalue weighted by atomic mass is 79.9. The van der Waals surface area contributed by atoms with Crippen molar-refractivity contribution in [1.29, 1.82) is 0 Å². The van der Waals surface area contributed by atoms with Crippen LogP contribution in [-0.4, -0.2) is 25.5 Å². The Balaban J connectivity index is 3.00. The van der Waals surface area contributed by atoms with Gasteiger partial charge in [0.15, 0.2) is 0 Å². The Morgan fingerprint density at radius 3 is 2.44 bits per heavy atom. The van der Waals surface area contributed by atoms with E-state index in [-0.39, 0.29) is 5.41 Å². The van der Waals surface area contributed by atoms with E-state index in [0.29, 0.717) is 6.04 Å². The van der Waals surface area contributed by atoms with Gasteiger partial charge in [-0.2, -0.15) is 0 Å². The van der Waals surface area contributed by atoms with Gasteiger partial charge < -0.3 is 10.6 Å². The Kier molecular flexibility index (Phi) is 4.98. The first kappa shape index (κ1) is 14.2. The van der Waals surface area contributed by atoms with Crippen LogP contribution in [0.1, 0.15) is 31.2 Å². The molecule has 0 aliphatic heterocycles. The zero-order chi connectivity index (χ0) is 12.3. The minimum absolute atomic E-state index is 0.197. The van der Waals surface area contributed by atoms with E-state index in [9.17, 15) is 0 Å². The van der Waals surface area contributed by atoms with Crippen molar-refractivity contribution in [3.8, 4) is 0 Å². The fraction of sp³-hybridized carbons (Fsp3) is 0.667. The summed E-state index contributed by atoms with van der Waals surface area (Å²) in [5.74, 6) is 0. The third kappa shape index (κ3) is 3.29. The van der Waals surface area contributed by atoms with Gasteiger partial charge in [-0.05, 0) is 60.5 Å². The average Bonchev–Trinajstić information content (AvgIpc) is 2.50. The first-order chi connectivity index (χ1) is 7.38. The highest BCUT2D eigenvalue weighted by Gasteiger charge is 2.32. The van der Waals surface area contributed by atoms with Crippen molar-refractivity contribution in [3.05, 3.63) is 20.8 Å². The number of hydrogen-bond acceptors (Lipinski definition) is 3. The maximum Gasteiger partial charge on any atom is 0.0701 e. The van der Waals surface area contributed by atoms with Crippen molar-refractivity contribution < 1.29 is 0 Å². The van der Waals surface area contributed by atoms with E-state index in [1.54, 1.807) is 0 Å². The second-order valence-electron chi connectivity index (χ2n) is 5.04. The van der Waals surface area contributed by atoms with Crippen LogP contribution < -0.4 is 5.73 Å². The number of thiophene rings is 1. The van der Waals surface area contributed by atoms with Gasteiger partial charge in [0.25, 0.3) is 0 Å². The molecule has 92 valence electrons. The van der Waals surface area contributed by atoms with Gasteiger partial charge in [0, 0.05) is 10.9 Å². The molecule has 1 rings (SSSR count). The predicted molar refractivity (Wildman–Crippen MR) is 75.9 cm³/mol. The summed E-state index contributed by atoms with van der Waals surface area (Å²) in [5, 5.41) is 0. The van der Waals surface area contributed by atoms with Crippen molar-refractivity contribution in [1.82, 2.24) is 4.90 Å². The topological polar surface area (TPSA) is 29.3 Å². The van der Waals surface area contributed by atoms with E-state index in [1.165, 1.54) is 8.66 Å². The van der Waals surface area contributed by atoms with Gasteiger partial charge in [-0.3, -0.25) is 0 Å². The highest BCUT2D eigenvalue weighted by Crippen LogP contribution is 2.42. The average molecular weight is 305 g/mol. The van der Waals surface area contributed by atoms with Crippen LogP contribution in [-0.2, 0) is 0 Å². The number of halogens is 1. The first-order valence-electron chi connectivity index (χ1n) is 5.50. The molecule has 1 aromatic heterocycles. The molecule has 1 aromatic rings. The Hall–Kier alpha value is 0.1000. The highest BCUT2D eigenvalue weighted by molar-refractivity contribution is 9.11. The second kappa shape index (κ2) is 5.63. The summed E-state index contributed by atoms with van der Waals surface area (Å²) < 4.78 is 1.19. The molecule has 0 bridgehead atoms. The summed E-state index contributed by atoms with van der Waals surface area (Å²) in [4.78, 5) is 3.68. The lowest BCUT2D eigenvalue weighted by molar-refractivity contribution is 0.131. The number of nitrogens with zero attached hydrogens (tertiary/aromatic N) is 1. The van der Waals surface area contributed by atoms with Gasteiger partial charge in [-0.1, -0.05) is 13.8 Å². The third-order valence-electron chi connectivity index (χ3n) is 2.91. The van der Waals surface area contributed by atoms with E-state index in [2.05, 4.69) is 60.9 Å². The molecule has 0 spiro atoms. The summed E-state index contributed by atoms with van der Waals surface area (Å²) in [6.45, 7) is 5.32. The lowest BCUT2D eigenvalue weighted by atomic mass is 9.80. The summed E-state index contributed by atoms with van der Waals surface area (Å²) >= 11 is 5.34. The molecule has 0 fully saturated rings. The zero-order valence-corrected chi connectivity index (χ0v) is 12.9. The smallest absolute Gasteiger partial charge is 0.0701 e. The van der Waals surface area contributed by atoms with Crippen LogP contribution in [0.2, 0.25) is 0 Å². The first-order valence-corrected chi connectivity index (χ1v) is 7.11. The zero-order valence-electron chi connectivity index (χ0n) is 10.5. The summed E-state index contributed by atoms with van der Waals surface area (Å²) in [5.41, 5.74) is 5.91.